The van der Waals surface area contributed by atoms with Crippen molar-refractivity contribution in [2.75, 3.05) is 26.0 Å². The molecule has 2 rings (SSSR count). The zero-order chi connectivity index (χ0) is 17.7. The standard InChI is InChI=1S/C18H19ClN2O3/c1-4-24-16-8-6-5-7-13(16)17(22)20-15-11-12(9-10-14(15)19)18(23)21(2)3/h5-11H,4H2,1-3H3,(H,20,22). The van der Waals surface area contributed by atoms with Gasteiger partial charge in [0.1, 0.15) is 5.75 Å². The highest BCUT2D eigenvalue weighted by Crippen LogP contribution is 2.26. The van der Waals surface area contributed by atoms with Crippen molar-refractivity contribution in [1.82, 2.24) is 4.90 Å². The maximum Gasteiger partial charge on any atom is 0.259 e. The second-order valence-electron chi connectivity index (χ2n) is 5.28. The molecule has 2 aromatic carbocycles. The molecule has 0 spiro atoms. The van der Waals surface area contributed by atoms with Gasteiger partial charge in [-0.2, -0.15) is 0 Å². The summed E-state index contributed by atoms with van der Waals surface area (Å²) in [5.74, 6) is -0.0265. The molecule has 0 radical (unpaired) electrons. The Kier molecular flexibility index (Phi) is 5.82. The quantitative estimate of drug-likeness (QED) is 0.898. The molecular formula is C18H19ClN2O3. The molecule has 5 nitrogen and oxygen atoms in total. The Morgan fingerprint density at radius 2 is 1.88 bits per heavy atom. The van der Waals surface area contributed by atoms with Gasteiger partial charge in [-0.25, -0.2) is 0 Å². The molecule has 0 aromatic heterocycles. The second-order valence-corrected chi connectivity index (χ2v) is 5.68. The lowest BCUT2D eigenvalue weighted by Crippen LogP contribution is -2.22. The Morgan fingerprint density at radius 1 is 1.17 bits per heavy atom. The van der Waals surface area contributed by atoms with Crippen LogP contribution in [0.1, 0.15) is 27.6 Å². The van der Waals surface area contributed by atoms with Crippen molar-refractivity contribution in [1.29, 1.82) is 0 Å². The molecule has 0 atom stereocenters. The molecule has 2 aromatic rings. The molecule has 0 aliphatic rings. The second kappa shape index (κ2) is 7.84. The predicted octanol–water partition coefficient (Wildman–Crippen LogP) is 3.69. The number of para-hydroxylation sites is 1. The minimum absolute atomic E-state index is 0.170. The molecule has 0 bridgehead atoms. The van der Waals surface area contributed by atoms with Gasteiger partial charge < -0.3 is 15.0 Å². The topological polar surface area (TPSA) is 58.6 Å². The van der Waals surface area contributed by atoms with Crippen LogP contribution in [0.4, 0.5) is 5.69 Å². The van der Waals surface area contributed by atoms with Crippen molar-refractivity contribution in [2.45, 2.75) is 6.92 Å². The number of nitrogens with one attached hydrogen (secondary N) is 1. The summed E-state index contributed by atoms with van der Waals surface area (Å²) in [6.45, 7) is 2.31. The number of ether oxygens (including phenoxy) is 1. The first-order chi connectivity index (χ1) is 11.4. The summed E-state index contributed by atoms with van der Waals surface area (Å²) in [5, 5.41) is 3.09. The monoisotopic (exact) mass is 346 g/mol. The van der Waals surface area contributed by atoms with Crippen LogP contribution in [0.2, 0.25) is 5.02 Å². The highest BCUT2D eigenvalue weighted by atomic mass is 35.5. The van der Waals surface area contributed by atoms with E-state index in [2.05, 4.69) is 5.32 Å². The molecule has 2 amide bonds. The zero-order valence-corrected chi connectivity index (χ0v) is 14.6. The van der Waals surface area contributed by atoms with Crippen molar-refractivity contribution >= 4 is 29.1 Å². The SMILES string of the molecule is CCOc1ccccc1C(=O)Nc1cc(C(=O)N(C)C)ccc1Cl. The largest absolute Gasteiger partial charge is 0.493 e. The summed E-state index contributed by atoms with van der Waals surface area (Å²) in [4.78, 5) is 26.0. The van der Waals surface area contributed by atoms with E-state index in [1.165, 1.54) is 4.90 Å². The predicted molar refractivity (Wildman–Crippen MR) is 95.0 cm³/mol. The van der Waals surface area contributed by atoms with Gasteiger partial charge in [-0.1, -0.05) is 23.7 Å². The Balaban J connectivity index is 2.29. The number of carbonyl (C=O) groups is 2. The highest BCUT2D eigenvalue weighted by molar-refractivity contribution is 6.34. The van der Waals surface area contributed by atoms with Crippen molar-refractivity contribution in [3.05, 3.63) is 58.6 Å². The molecule has 24 heavy (non-hydrogen) atoms. The van der Waals surface area contributed by atoms with Gasteiger partial charge in [0.05, 0.1) is 22.9 Å². The fourth-order valence-electron chi connectivity index (χ4n) is 2.14. The molecule has 0 fully saturated rings. The number of hydrogen-bond donors (Lipinski definition) is 1. The number of halogens is 1. The molecule has 0 aliphatic carbocycles. The summed E-state index contributed by atoms with van der Waals surface area (Å²) < 4.78 is 5.46. The van der Waals surface area contributed by atoms with Gasteiger partial charge in [-0.15, -0.1) is 0 Å². The van der Waals surface area contributed by atoms with E-state index < -0.39 is 0 Å². The molecule has 6 heteroatoms. The highest BCUT2D eigenvalue weighted by Gasteiger charge is 2.16. The summed E-state index contributed by atoms with van der Waals surface area (Å²) in [5.41, 5.74) is 1.22. The molecule has 0 saturated heterocycles. The molecule has 1 N–H and O–H groups in total. The van der Waals surface area contributed by atoms with Crippen LogP contribution in [0.15, 0.2) is 42.5 Å². The molecule has 0 saturated carbocycles. The third kappa shape index (κ3) is 4.06. The lowest BCUT2D eigenvalue weighted by Gasteiger charge is -2.14. The maximum atomic E-state index is 12.5. The fraction of sp³-hybridized carbons (Fsp3) is 0.222. The number of amides is 2. The molecule has 126 valence electrons. The van der Waals surface area contributed by atoms with E-state index in [1.807, 2.05) is 6.92 Å². The number of benzene rings is 2. The van der Waals surface area contributed by atoms with Gasteiger partial charge in [-0.05, 0) is 37.3 Å². The third-order valence-electron chi connectivity index (χ3n) is 3.30. The molecule has 0 heterocycles. The Hall–Kier alpha value is -2.53. The smallest absolute Gasteiger partial charge is 0.259 e. The minimum atomic E-state index is -0.351. The van der Waals surface area contributed by atoms with Crippen LogP contribution >= 0.6 is 11.6 Å². The summed E-state index contributed by atoms with van der Waals surface area (Å²) in [6.07, 6.45) is 0. The Morgan fingerprint density at radius 3 is 2.54 bits per heavy atom. The number of anilines is 1. The van der Waals surface area contributed by atoms with E-state index in [4.69, 9.17) is 16.3 Å². The van der Waals surface area contributed by atoms with Gasteiger partial charge in [0.25, 0.3) is 11.8 Å². The van der Waals surface area contributed by atoms with E-state index in [0.717, 1.165) is 0 Å². The Labute approximate surface area is 146 Å². The van der Waals surface area contributed by atoms with Gasteiger partial charge >= 0.3 is 0 Å². The van der Waals surface area contributed by atoms with Crippen LogP contribution in [0.3, 0.4) is 0 Å². The zero-order valence-electron chi connectivity index (χ0n) is 13.8. The third-order valence-corrected chi connectivity index (χ3v) is 3.63. The first-order valence-electron chi connectivity index (χ1n) is 7.48. The van der Waals surface area contributed by atoms with Crippen molar-refractivity contribution < 1.29 is 14.3 Å². The number of carbonyl (C=O) groups excluding carboxylic acids is 2. The van der Waals surface area contributed by atoms with Crippen LogP contribution in [0.25, 0.3) is 0 Å². The molecule has 0 aliphatic heterocycles. The van der Waals surface area contributed by atoms with Crippen LogP contribution in [0.5, 0.6) is 5.75 Å². The summed E-state index contributed by atoms with van der Waals surface area (Å²) >= 11 is 6.14. The van der Waals surface area contributed by atoms with Gasteiger partial charge in [0.2, 0.25) is 0 Å². The van der Waals surface area contributed by atoms with Crippen molar-refractivity contribution in [2.24, 2.45) is 0 Å². The maximum absolute atomic E-state index is 12.5. The minimum Gasteiger partial charge on any atom is -0.493 e. The number of hydrogen-bond acceptors (Lipinski definition) is 3. The van der Waals surface area contributed by atoms with E-state index in [9.17, 15) is 9.59 Å². The normalized spacial score (nSPS) is 10.2. The van der Waals surface area contributed by atoms with Crippen LogP contribution in [-0.4, -0.2) is 37.4 Å². The fourth-order valence-corrected chi connectivity index (χ4v) is 2.30. The molecule has 0 unspecified atom stereocenters. The van der Waals surface area contributed by atoms with Crippen molar-refractivity contribution in [3.63, 3.8) is 0 Å². The average Bonchev–Trinajstić information content (AvgIpc) is 2.56. The van der Waals surface area contributed by atoms with E-state index in [0.29, 0.717) is 34.2 Å². The lowest BCUT2D eigenvalue weighted by molar-refractivity contribution is 0.0827. The van der Waals surface area contributed by atoms with E-state index in [1.54, 1.807) is 56.6 Å². The first kappa shape index (κ1) is 17.8. The van der Waals surface area contributed by atoms with Crippen LogP contribution in [0, 0.1) is 0 Å². The lowest BCUT2D eigenvalue weighted by atomic mass is 10.1. The average molecular weight is 347 g/mol. The van der Waals surface area contributed by atoms with Gasteiger partial charge in [0, 0.05) is 19.7 Å². The first-order valence-corrected chi connectivity index (χ1v) is 7.86. The summed E-state index contributed by atoms with van der Waals surface area (Å²) in [7, 11) is 3.32. The van der Waals surface area contributed by atoms with Gasteiger partial charge in [0.15, 0.2) is 0 Å². The summed E-state index contributed by atoms with van der Waals surface area (Å²) in [6, 6.07) is 11.7. The van der Waals surface area contributed by atoms with Crippen LogP contribution < -0.4 is 10.1 Å². The van der Waals surface area contributed by atoms with Gasteiger partial charge in [-0.3, -0.25) is 9.59 Å². The van der Waals surface area contributed by atoms with E-state index in [-0.39, 0.29) is 11.8 Å². The Bertz CT molecular complexity index is 760. The molecular weight excluding hydrogens is 328 g/mol. The van der Waals surface area contributed by atoms with E-state index >= 15 is 0 Å². The number of rotatable bonds is 5. The van der Waals surface area contributed by atoms with Crippen molar-refractivity contribution in [3.8, 4) is 5.75 Å². The number of nitrogens with zero attached hydrogens (tertiary/aromatic N) is 1. The van der Waals surface area contributed by atoms with Crippen LogP contribution in [-0.2, 0) is 0 Å².